The Morgan fingerprint density at radius 3 is 1.95 bits per heavy atom. The van der Waals surface area contributed by atoms with Gasteiger partial charge in [0.1, 0.15) is 4.90 Å². The molecule has 0 radical (unpaired) electrons. The molecule has 2 aromatic carbocycles. The molecule has 3 aromatic rings. The first-order valence-corrected chi connectivity index (χ1v) is 15.1. The third kappa shape index (κ3) is 7.53. The average Bonchev–Trinajstić information content (AvgIpc) is 3.01. The Bertz CT molecular complexity index is 1720. The number of aromatic nitrogens is 2. The summed E-state index contributed by atoms with van der Waals surface area (Å²) < 4.78 is 75.1. The number of esters is 2. The molecule has 1 heterocycles. The SMILES string of the molecule is CCCOC(=O)c1ccccc1S(=O)(=O)NN(C(N)=Nc1nc(OC)cc(OC)n1)S(=O)(=O)c1ccccc1C(=O)OC. The lowest BCUT2D eigenvalue weighted by Gasteiger charge is -2.24. The highest BCUT2D eigenvalue weighted by molar-refractivity contribution is 7.92. The van der Waals surface area contributed by atoms with Crippen LogP contribution < -0.4 is 20.0 Å². The van der Waals surface area contributed by atoms with Crippen LogP contribution in [0, 0.1) is 0 Å². The van der Waals surface area contributed by atoms with Gasteiger partial charge in [-0.1, -0.05) is 31.2 Å². The summed E-state index contributed by atoms with van der Waals surface area (Å²) in [6.07, 6.45) is 0.467. The number of sulfonamides is 2. The van der Waals surface area contributed by atoms with Crippen LogP contribution in [0.1, 0.15) is 34.1 Å². The second-order valence-corrected chi connectivity index (χ2v) is 11.6. The number of benzene rings is 2. The molecular formula is C25H28N6O10S2. The van der Waals surface area contributed by atoms with Crippen molar-refractivity contribution in [1.82, 2.24) is 19.2 Å². The number of hydrogen-bond donors (Lipinski definition) is 2. The minimum atomic E-state index is -5.07. The molecule has 0 bridgehead atoms. The summed E-state index contributed by atoms with van der Waals surface area (Å²) in [6, 6.07) is 11.1. The van der Waals surface area contributed by atoms with Gasteiger partial charge in [0.15, 0.2) is 0 Å². The molecule has 0 aliphatic rings. The van der Waals surface area contributed by atoms with Crippen molar-refractivity contribution in [3.63, 3.8) is 0 Å². The van der Waals surface area contributed by atoms with Gasteiger partial charge in [-0.05, 0) is 30.7 Å². The fourth-order valence-electron chi connectivity index (χ4n) is 3.39. The molecule has 0 amide bonds. The molecule has 0 unspecified atom stereocenters. The van der Waals surface area contributed by atoms with Gasteiger partial charge >= 0.3 is 11.9 Å². The van der Waals surface area contributed by atoms with E-state index < -0.39 is 59.2 Å². The third-order valence-corrected chi connectivity index (χ3v) is 8.50. The van der Waals surface area contributed by atoms with Gasteiger partial charge in [-0.2, -0.15) is 27.8 Å². The first-order chi connectivity index (χ1) is 20.4. The Morgan fingerprint density at radius 1 is 0.884 bits per heavy atom. The van der Waals surface area contributed by atoms with E-state index in [2.05, 4.69) is 19.7 Å². The summed E-state index contributed by atoms with van der Waals surface area (Å²) in [7, 11) is -6.39. The van der Waals surface area contributed by atoms with Crippen molar-refractivity contribution >= 4 is 43.9 Å². The quantitative estimate of drug-likeness (QED) is 0.124. The van der Waals surface area contributed by atoms with Crippen LogP contribution in [-0.2, 0) is 29.5 Å². The number of nitrogens with one attached hydrogen (secondary N) is 1. The molecule has 3 rings (SSSR count). The van der Waals surface area contributed by atoms with Crippen molar-refractivity contribution in [2.75, 3.05) is 27.9 Å². The van der Waals surface area contributed by atoms with Crippen LogP contribution in [0.15, 0.2) is 69.4 Å². The maximum atomic E-state index is 14.0. The number of carbonyl (C=O) groups is 2. The van der Waals surface area contributed by atoms with Gasteiger partial charge in [0.2, 0.25) is 17.7 Å². The molecular weight excluding hydrogens is 608 g/mol. The molecule has 43 heavy (non-hydrogen) atoms. The van der Waals surface area contributed by atoms with Crippen molar-refractivity contribution in [3.05, 3.63) is 65.7 Å². The molecule has 0 aliphatic heterocycles. The number of hydrogen-bond acceptors (Lipinski definition) is 13. The van der Waals surface area contributed by atoms with Gasteiger partial charge in [0.05, 0.1) is 50.0 Å². The number of hydrazine groups is 1. The Hall–Kier alpha value is -4.81. The number of carbonyl (C=O) groups excluding carboxylic acids is 2. The highest BCUT2D eigenvalue weighted by atomic mass is 32.2. The minimum Gasteiger partial charge on any atom is -0.481 e. The Labute approximate surface area is 247 Å². The number of guanidine groups is 1. The first-order valence-electron chi connectivity index (χ1n) is 12.2. The fourth-order valence-corrected chi connectivity index (χ4v) is 6.35. The summed E-state index contributed by atoms with van der Waals surface area (Å²) in [6.45, 7) is 1.76. The van der Waals surface area contributed by atoms with Crippen LogP contribution in [0.25, 0.3) is 0 Å². The zero-order valence-electron chi connectivity index (χ0n) is 23.4. The van der Waals surface area contributed by atoms with Gasteiger partial charge in [-0.25, -0.2) is 18.0 Å². The molecule has 16 nitrogen and oxygen atoms in total. The fraction of sp³-hybridized carbons (Fsp3) is 0.240. The lowest BCUT2D eigenvalue weighted by Crippen LogP contribution is -2.53. The first kappa shape index (κ1) is 32.7. The number of methoxy groups -OCH3 is 3. The van der Waals surface area contributed by atoms with E-state index in [-0.39, 0.29) is 28.3 Å². The monoisotopic (exact) mass is 636 g/mol. The molecule has 0 saturated heterocycles. The summed E-state index contributed by atoms with van der Waals surface area (Å²) in [5.74, 6) is -3.57. The topological polar surface area (TPSA) is 219 Å². The van der Waals surface area contributed by atoms with Gasteiger partial charge in [-0.15, -0.1) is 4.83 Å². The predicted octanol–water partition coefficient (Wildman–Crippen LogP) is 1.38. The van der Waals surface area contributed by atoms with Crippen LogP contribution in [0.5, 0.6) is 11.8 Å². The lowest BCUT2D eigenvalue weighted by molar-refractivity contribution is 0.0499. The number of nitrogens with two attached hydrogens (primary N) is 1. The second kappa shape index (κ2) is 13.9. The number of rotatable bonds is 12. The minimum absolute atomic E-state index is 0.00637. The molecule has 0 fully saturated rings. The van der Waals surface area contributed by atoms with E-state index >= 15 is 0 Å². The predicted molar refractivity (Wildman–Crippen MR) is 151 cm³/mol. The molecule has 0 spiro atoms. The van der Waals surface area contributed by atoms with Crippen molar-refractivity contribution in [3.8, 4) is 11.8 Å². The molecule has 0 aliphatic carbocycles. The number of nitrogens with zero attached hydrogens (tertiary/aromatic N) is 4. The van der Waals surface area contributed by atoms with Gasteiger partial charge in [-0.3, -0.25) is 0 Å². The second-order valence-electron chi connectivity index (χ2n) is 8.21. The number of aliphatic imine (C=N–C) groups is 1. The van der Waals surface area contributed by atoms with Crippen molar-refractivity contribution in [2.24, 2.45) is 10.7 Å². The van der Waals surface area contributed by atoms with Crippen LogP contribution in [0.4, 0.5) is 5.95 Å². The molecule has 18 heteroatoms. The van der Waals surface area contributed by atoms with Gasteiger partial charge in [0.25, 0.3) is 26.0 Å². The number of ether oxygens (including phenoxy) is 4. The zero-order chi connectivity index (χ0) is 31.8. The van der Waals surface area contributed by atoms with Crippen molar-refractivity contribution < 1.29 is 45.4 Å². The largest absolute Gasteiger partial charge is 0.481 e. The maximum absolute atomic E-state index is 14.0. The molecule has 230 valence electrons. The van der Waals surface area contributed by atoms with E-state index in [4.69, 9.17) is 19.9 Å². The Balaban J connectivity index is 2.23. The normalized spacial score (nSPS) is 11.9. The molecule has 0 atom stereocenters. The zero-order valence-corrected chi connectivity index (χ0v) is 25.0. The molecule has 3 N–H and O–H groups in total. The maximum Gasteiger partial charge on any atom is 0.339 e. The highest BCUT2D eigenvalue weighted by Gasteiger charge is 2.36. The van der Waals surface area contributed by atoms with E-state index in [9.17, 15) is 26.4 Å². The summed E-state index contributed by atoms with van der Waals surface area (Å²) in [5.41, 5.74) is 5.24. The summed E-state index contributed by atoms with van der Waals surface area (Å²) >= 11 is 0. The Morgan fingerprint density at radius 2 is 1.42 bits per heavy atom. The molecule has 0 saturated carbocycles. The van der Waals surface area contributed by atoms with E-state index in [0.29, 0.717) is 6.42 Å². The summed E-state index contributed by atoms with van der Waals surface area (Å²) in [5, 5.41) is 0. The van der Waals surface area contributed by atoms with Crippen LogP contribution in [-0.4, -0.2) is 77.1 Å². The van der Waals surface area contributed by atoms with E-state index in [0.717, 1.165) is 25.3 Å². The van der Waals surface area contributed by atoms with Crippen LogP contribution in [0.3, 0.4) is 0 Å². The van der Waals surface area contributed by atoms with Crippen LogP contribution >= 0.6 is 0 Å². The van der Waals surface area contributed by atoms with Crippen LogP contribution in [0.2, 0.25) is 0 Å². The average molecular weight is 637 g/mol. The van der Waals surface area contributed by atoms with Crippen molar-refractivity contribution in [1.29, 1.82) is 0 Å². The smallest absolute Gasteiger partial charge is 0.339 e. The molecule has 1 aromatic heterocycles. The van der Waals surface area contributed by atoms with Gasteiger partial charge in [0, 0.05) is 0 Å². The van der Waals surface area contributed by atoms with Gasteiger partial charge < -0.3 is 24.7 Å². The standard InChI is InChI=1S/C25H28N6O10S2/c1-5-14-41-23(33)16-10-6-8-12-18(16)42(34,35)30-31(24(26)29-25-27-20(38-2)15-21(28-25)39-3)43(36,37)19-13-9-7-11-17(19)22(32)40-4/h6-13,15,30H,5,14H2,1-4H3,(H2,26,27,28,29). The highest BCUT2D eigenvalue weighted by Crippen LogP contribution is 2.24. The van der Waals surface area contributed by atoms with E-state index in [1.54, 1.807) is 6.92 Å². The lowest BCUT2D eigenvalue weighted by atomic mass is 10.2. The van der Waals surface area contributed by atoms with E-state index in [1.165, 1.54) is 50.6 Å². The van der Waals surface area contributed by atoms with Crippen molar-refractivity contribution in [2.45, 2.75) is 23.1 Å². The Kier molecular flexibility index (Phi) is 10.6. The summed E-state index contributed by atoms with van der Waals surface area (Å²) in [4.78, 5) is 37.3. The van der Waals surface area contributed by atoms with E-state index in [1.807, 2.05) is 4.83 Å². The third-order valence-electron chi connectivity index (χ3n) is 5.36.